The smallest absolute Gasteiger partial charge is 0.303 e. The van der Waals surface area contributed by atoms with E-state index in [4.69, 9.17) is 5.11 Å². The average Bonchev–Trinajstić information content (AvgIpc) is 2.13. The quantitative estimate of drug-likeness (QED) is 0.654. The molecule has 2 N–H and O–H groups in total. The monoisotopic (exact) mass is 200 g/mol. The highest BCUT2D eigenvalue weighted by molar-refractivity contribution is 5.83. The Labute approximate surface area is 83.1 Å². The lowest BCUT2D eigenvalue weighted by atomic mass is 10.1. The predicted octanol–water partition coefficient (Wildman–Crippen LogP) is -0.330. The van der Waals surface area contributed by atoms with Gasteiger partial charge in [-0.25, -0.2) is 0 Å². The molecule has 0 aromatic heterocycles. The predicted molar refractivity (Wildman–Crippen MR) is 50.9 cm³/mol. The van der Waals surface area contributed by atoms with Gasteiger partial charge < -0.3 is 15.3 Å². The van der Waals surface area contributed by atoms with Crippen molar-refractivity contribution in [2.75, 3.05) is 13.6 Å². The number of carbonyl (C=O) groups is 2. The van der Waals surface area contributed by atoms with Crippen molar-refractivity contribution in [1.82, 2.24) is 10.2 Å². The number of hydrogen-bond donors (Lipinski definition) is 2. The minimum Gasteiger partial charge on any atom is -0.481 e. The van der Waals surface area contributed by atoms with E-state index < -0.39 is 5.97 Å². The van der Waals surface area contributed by atoms with Crippen LogP contribution < -0.4 is 5.32 Å². The molecule has 5 nitrogen and oxygen atoms in total. The van der Waals surface area contributed by atoms with E-state index in [9.17, 15) is 9.59 Å². The summed E-state index contributed by atoms with van der Waals surface area (Å²) in [5, 5.41) is 11.5. The van der Waals surface area contributed by atoms with Gasteiger partial charge in [0.1, 0.15) is 0 Å². The Morgan fingerprint density at radius 2 is 2.36 bits per heavy atom. The number of amides is 1. The summed E-state index contributed by atoms with van der Waals surface area (Å²) in [6.45, 7) is 2.69. The summed E-state index contributed by atoms with van der Waals surface area (Å²) >= 11 is 0. The highest BCUT2D eigenvalue weighted by Crippen LogP contribution is 2.09. The Morgan fingerprint density at radius 3 is 2.93 bits per heavy atom. The lowest BCUT2D eigenvalue weighted by Gasteiger charge is -2.35. The molecule has 1 aliphatic heterocycles. The number of carbonyl (C=O) groups excluding carboxylic acids is 1. The fourth-order valence-corrected chi connectivity index (χ4v) is 1.49. The maximum absolute atomic E-state index is 11.6. The zero-order chi connectivity index (χ0) is 10.7. The van der Waals surface area contributed by atoms with Crippen LogP contribution in [0.1, 0.15) is 19.8 Å². The zero-order valence-electron chi connectivity index (χ0n) is 8.49. The minimum atomic E-state index is -0.860. The Balaban J connectivity index is 2.47. The summed E-state index contributed by atoms with van der Waals surface area (Å²) in [6, 6.07) is -0.143. The summed E-state index contributed by atoms with van der Waals surface area (Å²) < 4.78 is 0. The second kappa shape index (κ2) is 4.41. The molecule has 0 bridgehead atoms. The van der Waals surface area contributed by atoms with E-state index in [0.717, 1.165) is 6.54 Å². The Kier molecular flexibility index (Phi) is 3.46. The fourth-order valence-electron chi connectivity index (χ4n) is 1.49. The molecule has 1 saturated heterocycles. The number of nitrogens with zero attached hydrogens (tertiary/aromatic N) is 1. The van der Waals surface area contributed by atoms with Crippen molar-refractivity contribution in [3.05, 3.63) is 0 Å². The molecule has 5 heteroatoms. The van der Waals surface area contributed by atoms with Crippen LogP contribution in [-0.2, 0) is 9.59 Å². The van der Waals surface area contributed by atoms with Gasteiger partial charge in [0.25, 0.3) is 0 Å². The maximum atomic E-state index is 11.6. The summed E-state index contributed by atoms with van der Waals surface area (Å²) in [5.41, 5.74) is 0. The molecule has 80 valence electrons. The Morgan fingerprint density at radius 1 is 1.71 bits per heavy atom. The van der Waals surface area contributed by atoms with E-state index in [1.807, 2.05) is 6.92 Å². The third-order valence-corrected chi connectivity index (χ3v) is 2.61. The molecule has 0 radical (unpaired) electrons. The van der Waals surface area contributed by atoms with Crippen LogP contribution in [0.5, 0.6) is 0 Å². The lowest BCUT2D eigenvalue weighted by Crippen LogP contribution is -2.57. The van der Waals surface area contributed by atoms with Crippen molar-refractivity contribution in [3.8, 4) is 0 Å². The summed E-state index contributed by atoms with van der Waals surface area (Å²) in [4.78, 5) is 23.6. The number of aliphatic carboxylic acids is 1. The lowest BCUT2D eigenvalue weighted by molar-refractivity contribution is -0.139. The highest BCUT2D eigenvalue weighted by atomic mass is 16.4. The van der Waals surface area contributed by atoms with Crippen LogP contribution in [0.2, 0.25) is 0 Å². The van der Waals surface area contributed by atoms with E-state index >= 15 is 0 Å². The van der Waals surface area contributed by atoms with Crippen LogP contribution in [0.3, 0.4) is 0 Å². The number of carboxylic acid groups (broad SMARTS) is 1. The molecule has 2 atom stereocenters. The molecule has 1 heterocycles. The normalized spacial score (nSPS) is 27.9. The van der Waals surface area contributed by atoms with Crippen LogP contribution in [0, 0.1) is 0 Å². The van der Waals surface area contributed by atoms with Crippen LogP contribution >= 0.6 is 0 Å². The molecule has 0 aromatic carbocycles. The molecule has 0 aliphatic carbocycles. The molecule has 0 saturated carbocycles. The van der Waals surface area contributed by atoms with E-state index in [-0.39, 0.29) is 24.4 Å². The van der Waals surface area contributed by atoms with Crippen molar-refractivity contribution < 1.29 is 14.7 Å². The van der Waals surface area contributed by atoms with Crippen LogP contribution in [0.25, 0.3) is 0 Å². The van der Waals surface area contributed by atoms with E-state index in [1.165, 1.54) is 0 Å². The van der Waals surface area contributed by atoms with E-state index in [1.54, 1.807) is 11.9 Å². The number of likely N-dealkylation sites (N-methyl/N-ethyl adjacent to an activating group) is 1. The van der Waals surface area contributed by atoms with Crippen molar-refractivity contribution in [2.45, 2.75) is 31.8 Å². The number of hydrogen-bond acceptors (Lipinski definition) is 3. The van der Waals surface area contributed by atoms with Gasteiger partial charge in [-0.1, -0.05) is 0 Å². The van der Waals surface area contributed by atoms with Gasteiger partial charge in [0, 0.05) is 26.1 Å². The summed E-state index contributed by atoms with van der Waals surface area (Å²) in [6.07, 6.45) is 0.400. The number of nitrogens with one attached hydrogen (secondary N) is 1. The summed E-state index contributed by atoms with van der Waals surface area (Å²) in [5.74, 6) is -0.870. The molecule has 1 fully saturated rings. The third-order valence-electron chi connectivity index (χ3n) is 2.61. The number of piperazine rings is 1. The zero-order valence-corrected chi connectivity index (χ0v) is 8.49. The minimum absolute atomic E-state index is 0.00926. The van der Waals surface area contributed by atoms with E-state index in [0.29, 0.717) is 6.42 Å². The van der Waals surface area contributed by atoms with Gasteiger partial charge >= 0.3 is 5.97 Å². The van der Waals surface area contributed by atoms with Crippen LogP contribution in [0.15, 0.2) is 0 Å². The van der Waals surface area contributed by atoms with Gasteiger partial charge in [-0.05, 0) is 13.3 Å². The second-order valence-electron chi connectivity index (χ2n) is 3.69. The average molecular weight is 200 g/mol. The molecule has 0 aromatic rings. The Hall–Kier alpha value is -1.10. The van der Waals surface area contributed by atoms with Crippen LogP contribution in [-0.4, -0.2) is 47.6 Å². The van der Waals surface area contributed by atoms with Crippen molar-refractivity contribution in [1.29, 1.82) is 0 Å². The standard InChI is InChI=1S/C9H16N2O3/c1-6-5-10-7(3-4-8(12)13)9(14)11(6)2/h6-7,10H,3-5H2,1-2H3,(H,12,13). The topological polar surface area (TPSA) is 69.6 Å². The fraction of sp³-hybridized carbons (Fsp3) is 0.778. The molecular formula is C9H16N2O3. The number of rotatable bonds is 3. The van der Waals surface area contributed by atoms with E-state index in [2.05, 4.69) is 5.32 Å². The van der Waals surface area contributed by atoms with Gasteiger partial charge in [0.15, 0.2) is 0 Å². The second-order valence-corrected chi connectivity index (χ2v) is 3.69. The van der Waals surface area contributed by atoms with Crippen molar-refractivity contribution in [3.63, 3.8) is 0 Å². The SMILES string of the molecule is CC1CNC(CCC(=O)O)C(=O)N1C. The first-order valence-corrected chi connectivity index (χ1v) is 4.74. The molecular weight excluding hydrogens is 184 g/mol. The molecule has 1 rings (SSSR count). The van der Waals surface area contributed by atoms with Gasteiger partial charge in [-0.15, -0.1) is 0 Å². The maximum Gasteiger partial charge on any atom is 0.303 e. The molecule has 14 heavy (non-hydrogen) atoms. The van der Waals surface area contributed by atoms with Gasteiger partial charge in [0.05, 0.1) is 6.04 Å². The van der Waals surface area contributed by atoms with Crippen LogP contribution in [0.4, 0.5) is 0 Å². The molecule has 2 unspecified atom stereocenters. The summed E-state index contributed by atoms with van der Waals surface area (Å²) in [7, 11) is 1.75. The van der Waals surface area contributed by atoms with Gasteiger partial charge in [0.2, 0.25) is 5.91 Å². The molecule has 0 spiro atoms. The molecule has 1 amide bonds. The highest BCUT2D eigenvalue weighted by Gasteiger charge is 2.29. The van der Waals surface area contributed by atoms with Gasteiger partial charge in [-0.2, -0.15) is 0 Å². The molecule has 1 aliphatic rings. The first kappa shape index (κ1) is 11.0. The first-order valence-electron chi connectivity index (χ1n) is 4.74. The first-order chi connectivity index (χ1) is 6.52. The Bertz CT molecular complexity index is 242. The van der Waals surface area contributed by atoms with Crippen molar-refractivity contribution in [2.24, 2.45) is 0 Å². The number of carboxylic acids is 1. The third kappa shape index (κ3) is 2.45. The largest absolute Gasteiger partial charge is 0.481 e. The van der Waals surface area contributed by atoms with Gasteiger partial charge in [-0.3, -0.25) is 9.59 Å². The van der Waals surface area contributed by atoms with Crippen molar-refractivity contribution >= 4 is 11.9 Å².